The van der Waals surface area contributed by atoms with Crippen LogP contribution in [-0.2, 0) is 20.9 Å². The Morgan fingerprint density at radius 1 is 1.37 bits per heavy atom. The van der Waals surface area contributed by atoms with Gasteiger partial charge in [0, 0.05) is 13.7 Å². The van der Waals surface area contributed by atoms with Crippen molar-refractivity contribution in [3.8, 4) is 0 Å². The molecule has 0 bridgehead atoms. The summed E-state index contributed by atoms with van der Waals surface area (Å²) in [5.41, 5.74) is -1.08. The molecule has 0 atom stereocenters. The highest BCUT2D eigenvalue weighted by Gasteiger charge is 2.32. The van der Waals surface area contributed by atoms with E-state index >= 15 is 0 Å². The summed E-state index contributed by atoms with van der Waals surface area (Å²) < 4.78 is 67.9. The smallest absolute Gasteiger partial charge is 0.383 e. The molecule has 108 valence electrons. The topological polar surface area (TPSA) is 55.4 Å². The maximum atomic E-state index is 12.5. The largest absolute Gasteiger partial charge is 0.416 e. The minimum atomic E-state index is -4.64. The zero-order valence-electron chi connectivity index (χ0n) is 9.79. The molecule has 0 heterocycles. The van der Waals surface area contributed by atoms with Crippen LogP contribution in [0.2, 0.25) is 5.02 Å². The maximum absolute atomic E-state index is 12.5. The molecule has 0 saturated carbocycles. The quantitative estimate of drug-likeness (QED) is 0.848. The van der Waals surface area contributed by atoms with Gasteiger partial charge >= 0.3 is 6.18 Å². The van der Waals surface area contributed by atoms with Crippen molar-refractivity contribution in [3.63, 3.8) is 0 Å². The van der Waals surface area contributed by atoms with Crippen LogP contribution in [0.3, 0.4) is 0 Å². The molecule has 0 spiro atoms. The van der Waals surface area contributed by atoms with Crippen molar-refractivity contribution in [2.75, 3.05) is 20.3 Å². The van der Waals surface area contributed by atoms with Crippen LogP contribution >= 0.6 is 11.6 Å². The van der Waals surface area contributed by atoms with Crippen LogP contribution in [-0.4, -0.2) is 28.7 Å². The van der Waals surface area contributed by atoms with Gasteiger partial charge in [0.1, 0.15) is 4.90 Å². The van der Waals surface area contributed by atoms with E-state index in [1.54, 1.807) is 0 Å². The van der Waals surface area contributed by atoms with Crippen molar-refractivity contribution in [3.05, 3.63) is 28.8 Å². The van der Waals surface area contributed by atoms with Crippen LogP contribution in [0.4, 0.5) is 13.2 Å². The molecular weight excluding hydrogens is 307 g/mol. The molecule has 4 nitrogen and oxygen atoms in total. The molecule has 0 aliphatic rings. The average molecular weight is 318 g/mol. The first kappa shape index (κ1) is 16.2. The summed E-state index contributed by atoms with van der Waals surface area (Å²) in [5.74, 6) is 0. The van der Waals surface area contributed by atoms with E-state index in [9.17, 15) is 21.6 Å². The molecule has 0 radical (unpaired) electrons. The van der Waals surface area contributed by atoms with Crippen LogP contribution in [0.15, 0.2) is 23.1 Å². The van der Waals surface area contributed by atoms with E-state index in [-0.39, 0.29) is 18.2 Å². The van der Waals surface area contributed by atoms with Gasteiger partial charge in [-0.1, -0.05) is 11.6 Å². The molecule has 1 rings (SSSR count). The van der Waals surface area contributed by atoms with Crippen molar-refractivity contribution in [2.45, 2.75) is 11.1 Å². The Morgan fingerprint density at radius 2 is 2.00 bits per heavy atom. The number of alkyl halides is 3. The molecule has 0 saturated heterocycles. The van der Waals surface area contributed by atoms with E-state index in [1.807, 2.05) is 0 Å². The highest BCUT2D eigenvalue weighted by Crippen LogP contribution is 2.33. The minimum Gasteiger partial charge on any atom is -0.383 e. The normalized spacial score (nSPS) is 12.7. The molecule has 19 heavy (non-hydrogen) atoms. The molecule has 0 unspecified atom stereocenters. The molecule has 0 fully saturated rings. The van der Waals surface area contributed by atoms with Crippen molar-refractivity contribution >= 4 is 21.6 Å². The predicted octanol–water partition coefficient (Wildman–Crippen LogP) is 2.28. The number of sulfonamides is 1. The van der Waals surface area contributed by atoms with Crippen molar-refractivity contribution in [1.29, 1.82) is 0 Å². The van der Waals surface area contributed by atoms with Crippen LogP contribution in [0, 0.1) is 0 Å². The Morgan fingerprint density at radius 3 is 2.53 bits per heavy atom. The lowest BCUT2D eigenvalue weighted by Gasteiger charge is -2.11. The molecule has 1 N–H and O–H groups in total. The molecule has 0 aliphatic heterocycles. The standard InChI is InChI=1S/C10H11ClF3NO3S/c1-18-5-4-15-19(16,17)9-6-7(10(12,13)14)2-3-8(9)11/h2-3,6,15H,4-5H2,1H3. The van der Waals surface area contributed by atoms with Gasteiger partial charge in [-0.2, -0.15) is 13.2 Å². The Kier molecular flexibility index (Phi) is 5.19. The summed E-state index contributed by atoms with van der Waals surface area (Å²) in [6.45, 7) is 0.0290. The Balaban J connectivity index is 3.12. The third-order valence-corrected chi connectivity index (χ3v) is 4.09. The van der Waals surface area contributed by atoms with Crippen molar-refractivity contribution in [1.82, 2.24) is 4.72 Å². The number of rotatable bonds is 5. The maximum Gasteiger partial charge on any atom is 0.416 e. The number of nitrogens with one attached hydrogen (secondary N) is 1. The molecule has 1 aromatic carbocycles. The van der Waals surface area contributed by atoms with E-state index in [4.69, 9.17) is 11.6 Å². The van der Waals surface area contributed by atoms with Gasteiger partial charge in [0.25, 0.3) is 0 Å². The fourth-order valence-electron chi connectivity index (χ4n) is 1.24. The third kappa shape index (κ3) is 4.34. The highest BCUT2D eigenvalue weighted by atomic mass is 35.5. The van der Waals surface area contributed by atoms with Gasteiger partial charge in [-0.15, -0.1) is 0 Å². The molecular formula is C10H11ClF3NO3S. The lowest BCUT2D eigenvalue weighted by atomic mass is 10.2. The SMILES string of the molecule is COCCNS(=O)(=O)c1cc(C(F)(F)F)ccc1Cl. The fourth-order valence-corrected chi connectivity index (χ4v) is 2.78. The van der Waals surface area contributed by atoms with E-state index in [2.05, 4.69) is 9.46 Å². The Hall–Kier alpha value is -0.830. The minimum absolute atomic E-state index is 0.0641. The van der Waals surface area contributed by atoms with Gasteiger partial charge in [0.05, 0.1) is 17.2 Å². The lowest BCUT2D eigenvalue weighted by molar-refractivity contribution is -0.137. The van der Waals surface area contributed by atoms with Gasteiger partial charge in [0.2, 0.25) is 10.0 Å². The summed E-state index contributed by atoms with van der Waals surface area (Å²) in [5, 5.41) is -0.280. The zero-order valence-corrected chi connectivity index (χ0v) is 11.4. The first-order valence-electron chi connectivity index (χ1n) is 5.04. The van der Waals surface area contributed by atoms with Gasteiger partial charge < -0.3 is 4.74 Å². The van der Waals surface area contributed by atoms with Crippen LogP contribution in [0.1, 0.15) is 5.56 Å². The summed E-state index contributed by atoms with van der Waals surface area (Å²) in [6.07, 6.45) is -4.64. The summed E-state index contributed by atoms with van der Waals surface area (Å²) in [6, 6.07) is 2.11. The predicted molar refractivity (Wildman–Crippen MR) is 63.5 cm³/mol. The number of methoxy groups -OCH3 is 1. The van der Waals surface area contributed by atoms with Crippen LogP contribution in [0.5, 0.6) is 0 Å². The van der Waals surface area contributed by atoms with Gasteiger partial charge in [-0.3, -0.25) is 0 Å². The molecule has 9 heteroatoms. The molecule has 0 aromatic heterocycles. The van der Waals surface area contributed by atoms with E-state index in [0.717, 1.165) is 12.1 Å². The number of benzene rings is 1. The first-order chi connectivity index (χ1) is 8.68. The summed E-state index contributed by atoms with van der Waals surface area (Å²) in [7, 11) is -2.74. The van der Waals surface area contributed by atoms with Crippen LogP contribution in [0.25, 0.3) is 0 Å². The lowest BCUT2D eigenvalue weighted by Crippen LogP contribution is -2.27. The van der Waals surface area contributed by atoms with Crippen LogP contribution < -0.4 is 4.72 Å². The number of hydrogen-bond donors (Lipinski definition) is 1. The zero-order chi connectivity index (χ0) is 14.7. The molecule has 0 amide bonds. The number of ether oxygens (including phenoxy) is 1. The average Bonchev–Trinajstić information content (AvgIpc) is 2.27. The first-order valence-corrected chi connectivity index (χ1v) is 6.90. The van der Waals surface area contributed by atoms with Gasteiger partial charge in [-0.05, 0) is 18.2 Å². The van der Waals surface area contributed by atoms with Crippen molar-refractivity contribution < 1.29 is 26.3 Å². The summed E-state index contributed by atoms with van der Waals surface area (Å²) >= 11 is 5.63. The Labute approximate surface area is 113 Å². The second-order valence-electron chi connectivity index (χ2n) is 3.53. The Bertz CT molecular complexity index is 545. The molecule has 0 aliphatic carbocycles. The number of hydrogen-bond acceptors (Lipinski definition) is 3. The summed E-state index contributed by atoms with van der Waals surface area (Å²) in [4.78, 5) is -0.611. The fraction of sp³-hybridized carbons (Fsp3) is 0.400. The third-order valence-electron chi connectivity index (χ3n) is 2.15. The number of halogens is 4. The van der Waals surface area contributed by atoms with Gasteiger partial charge in [0.15, 0.2) is 0 Å². The van der Waals surface area contributed by atoms with Gasteiger partial charge in [-0.25, -0.2) is 13.1 Å². The molecule has 1 aromatic rings. The van der Waals surface area contributed by atoms with E-state index in [1.165, 1.54) is 7.11 Å². The second kappa shape index (κ2) is 6.08. The van der Waals surface area contributed by atoms with E-state index in [0.29, 0.717) is 6.07 Å². The second-order valence-corrected chi connectivity index (χ2v) is 5.68. The highest BCUT2D eigenvalue weighted by molar-refractivity contribution is 7.89. The van der Waals surface area contributed by atoms with E-state index < -0.39 is 26.7 Å². The monoisotopic (exact) mass is 317 g/mol. The van der Waals surface area contributed by atoms with Crippen molar-refractivity contribution in [2.24, 2.45) is 0 Å².